The molecular formula is C13H13BrF2N2O2. The molecule has 2 atom stereocenters. The molecule has 0 radical (unpaired) electrons. The molecule has 0 aromatic heterocycles. The van der Waals surface area contributed by atoms with Gasteiger partial charge in [-0.3, -0.25) is 0 Å². The second kappa shape index (κ2) is 6.32. The smallest absolute Gasteiger partial charge is 0.319 e. The molecule has 4 nitrogen and oxygen atoms in total. The summed E-state index contributed by atoms with van der Waals surface area (Å²) in [5, 5.41) is 13.7. The molecule has 20 heavy (non-hydrogen) atoms. The van der Waals surface area contributed by atoms with Crippen LogP contribution in [0.2, 0.25) is 0 Å². The summed E-state index contributed by atoms with van der Waals surface area (Å²) in [6.07, 6.45) is 4.11. The van der Waals surface area contributed by atoms with Crippen molar-refractivity contribution in [2.75, 3.05) is 11.9 Å². The van der Waals surface area contributed by atoms with E-state index in [0.717, 1.165) is 12.1 Å². The third-order valence-corrected chi connectivity index (χ3v) is 3.43. The number of anilines is 1. The number of amides is 2. The van der Waals surface area contributed by atoms with Crippen molar-refractivity contribution < 1.29 is 18.7 Å². The fourth-order valence-electron chi connectivity index (χ4n) is 2.00. The zero-order valence-electron chi connectivity index (χ0n) is 10.4. The normalized spacial score (nSPS) is 21.0. The second-order valence-corrected chi connectivity index (χ2v) is 5.43. The van der Waals surface area contributed by atoms with E-state index in [4.69, 9.17) is 5.11 Å². The van der Waals surface area contributed by atoms with Gasteiger partial charge in [0.25, 0.3) is 0 Å². The van der Waals surface area contributed by atoms with Crippen molar-refractivity contribution >= 4 is 27.6 Å². The Balaban J connectivity index is 1.97. The molecule has 7 heteroatoms. The minimum absolute atomic E-state index is 0.00135. The number of hydrogen-bond acceptors (Lipinski definition) is 2. The molecule has 0 saturated carbocycles. The fraction of sp³-hybridized carbons (Fsp3) is 0.308. The Morgan fingerprint density at radius 3 is 2.55 bits per heavy atom. The molecule has 2 amide bonds. The molecule has 3 N–H and O–H groups in total. The first-order chi connectivity index (χ1) is 9.49. The van der Waals surface area contributed by atoms with Crippen LogP contribution in [0.15, 0.2) is 28.8 Å². The molecule has 1 aliphatic carbocycles. The Bertz CT molecular complexity index is 528. The van der Waals surface area contributed by atoms with Crippen LogP contribution in [0, 0.1) is 17.6 Å². The van der Waals surface area contributed by atoms with Gasteiger partial charge in [-0.25, -0.2) is 13.6 Å². The maximum absolute atomic E-state index is 13.5. The van der Waals surface area contributed by atoms with Crippen LogP contribution in [0.5, 0.6) is 0 Å². The SMILES string of the molecule is O=C(Nc1c(F)cc(Br)cc1F)N[C@@H]1C=C[C@H](CO)C1. The van der Waals surface area contributed by atoms with Crippen LogP contribution in [0.3, 0.4) is 0 Å². The van der Waals surface area contributed by atoms with Crippen LogP contribution in [0.1, 0.15) is 6.42 Å². The molecule has 2 rings (SSSR count). The number of nitrogens with one attached hydrogen (secondary N) is 2. The quantitative estimate of drug-likeness (QED) is 0.737. The first-order valence-corrected chi connectivity index (χ1v) is 6.80. The van der Waals surface area contributed by atoms with Crippen molar-refractivity contribution in [3.63, 3.8) is 0 Å². The number of benzene rings is 1. The van der Waals surface area contributed by atoms with Gasteiger partial charge in [0, 0.05) is 23.0 Å². The minimum atomic E-state index is -0.859. The Kier molecular flexibility index (Phi) is 4.72. The summed E-state index contributed by atoms with van der Waals surface area (Å²) in [6.45, 7) is 0.00622. The molecule has 108 valence electrons. The van der Waals surface area contributed by atoms with Gasteiger partial charge in [-0.1, -0.05) is 28.1 Å². The first-order valence-electron chi connectivity index (χ1n) is 6.01. The highest BCUT2D eigenvalue weighted by molar-refractivity contribution is 9.10. The summed E-state index contributed by atoms with van der Waals surface area (Å²) in [5.74, 6) is -1.72. The average Bonchev–Trinajstić information content (AvgIpc) is 2.81. The summed E-state index contributed by atoms with van der Waals surface area (Å²) in [5.41, 5.74) is -0.494. The Morgan fingerprint density at radius 1 is 1.35 bits per heavy atom. The van der Waals surface area contributed by atoms with Crippen molar-refractivity contribution in [1.29, 1.82) is 0 Å². The van der Waals surface area contributed by atoms with Gasteiger partial charge in [-0.05, 0) is 18.6 Å². The monoisotopic (exact) mass is 346 g/mol. The van der Waals surface area contributed by atoms with E-state index in [1.54, 1.807) is 12.2 Å². The second-order valence-electron chi connectivity index (χ2n) is 4.51. The molecular weight excluding hydrogens is 334 g/mol. The van der Waals surface area contributed by atoms with E-state index in [2.05, 4.69) is 26.6 Å². The summed E-state index contributed by atoms with van der Waals surface area (Å²) in [7, 11) is 0. The molecule has 0 saturated heterocycles. The van der Waals surface area contributed by atoms with E-state index in [9.17, 15) is 13.6 Å². The average molecular weight is 347 g/mol. The van der Waals surface area contributed by atoms with Crippen LogP contribution in [-0.4, -0.2) is 23.8 Å². The zero-order chi connectivity index (χ0) is 14.7. The van der Waals surface area contributed by atoms with E-state index < -0.39 is 23.4 Å². The van der Waals surface area contributed by atoms with Gasteiger partial charge in [0.2, 0.25) is 0 Å². The van der Waals surface area contributed by atoms with Crippen molar-refractivity contribution in [1.82, 2.24) is 5.32 Å². The van der Waals surface area contributed by atoms with Crippen LogP contribution in [-0.2, 0) is 0 Å². The molecule has 0 bridgehead atoms. The van der Waals surface area contributed by atoms with E-state index in [0.29, 0.717) is 6.42 Å². The number of halogens is 3. The lowest BCUT2D eigenvalue weighted by atomic mass is 10.1. The van der Waals surface area contributed by atoms with Crippen molar-refractivity contribution in [3.8, 4) is 0 Å². The summed E-state index contributed by atoms with van der Waals surface area (Å²) in [4.78, 5) is 11.7. The topological polar surface area (TPSA) is 61.4 Å². The van der Waals surface area contributed by atoms with Gasteiger partial charge in [0.15, 0.2) is 11.6 Å². The predicted octanol–water partition coefficient (Wildman–Crippen LogP) is 2.79. The highest BCUT2D eigenvalue weighted by atomic mass is 79.9. The van der Waals surface area contributed by atoms with Gasteiger partial charge in [-0.15, -0.1) is 0 Å². The van der Waals surface area contributed by atoms with Crippen LogP contribution >= 0.6 is 15.9 Å². The molecule has 0 spiro atoms. The highest BCUT2D eigenvalue weighted by Gasteiger charge is 2.21. The molecule has 0 fully saturated rings. The molecule has 1 aliphatic rings. The Morgan fingerprint density at radius 2 is 2.00 bits per heavy atom. The lowest BCUT2D eigenvalue weighted by Crippen LogP contribution is -2.36. The van der Waals surface area contributed by atoms with Crippen LogP contribution in [0.4, 0.5) is 19.3 Å². The van der Waals surface area contributed by atoms with E-state index >= 15 is 0 Å². The van der Waals surface area contributed by atoms with Crippen molar-refractivity contribution in [3.05, 3.63) is 40.4 Å². The number of carbonyl (C=O) groups excluding carboxylic acids is 1. The largest absolute Gasteiger partial charge is 0.396 e. The molecule has 1 aromatic carbocycles. The number of rotatable bonds is 3. The van der Waals surface area contributed by atoms with Crippen LogP contribution in [0.25, 0.3) is 0 Å². The standard InChI is InChI=1S/C13H13BrF2N2O2/c14-8-4-10(15)12(11(16)5-8)18-13(20)17-9-2-1-7(3-9)6-19/h1-2,4-5,7,9,19H,3,6H2,(H2,17,18,20)/t7-,9+/m0/s1. The maximum atomic E-state index is 13.5. The lowest BCUT2D eigenvalue weighted by Gasteiger charge is -2.14. The van der Waals surface area contributed by atoms with Gasteiger partial charge in [0.05, 0.1) is 0 Å². The number of hydrogen-bond donors (Lipinski definition) is 3. The van der Waals surface area contributed by atoms with E-state index in [-0.39, 0.29) is 23.0 Å². The summed E-state index contributed by atoms with van der Waals surface area (Å²) in [6, 6.07) is 1.18. The minimum Gasteiger partial charge on any atom is -0.396 e. The number of carbonyl (C=O) groups is 1. The van der Waals surface area contributed by atoms with E-state index in [1.807, 2.05) is 0 Å². The third-order valence-electron chi connectivity index (χ3n) is 2.97. The van der Waals surface area contributed by atoms with Gasteiger partial charge in [-0.2, -0.15) is 0 Å². The van der Waals surface area contributed by atoms with Crippen molar-refractivity contribution in [2.45, 2.75) is 12.5 Å². The van der Waals surface area contributed by atoms with Gasteiger partial charge >= 0.3 is 6.03 Å². The highest BCUT2D eigenvalue weighted by Crippen LogP contribution is 2.24. The Labute approximate surface area is 123 Å². The Hall–Kier alpha value is -1.47. The fourth-order valence-corrected chi connectivity index (χ4v) is 2.40. The van der Waals surface area contributed by atoms with Gasteiger partial charge in [0.1, 0.15) is 5.69 Å². The summed E-state index contributed by atoms with van der Waals surface area (Å²) < 4.78 is 27.3. The first kappa shape index (κ1) is 14.9. The molecule has 1 aromatic rings. The number of urea groups is 1. The number of aliphatic hydroxyl groups excluding tert-OH is 1. The maximum Gasteiger partial charge on any atom is 0.319 e. The van der Waals surface area contributed by atoms with Crippen molar-refractivity contribution in [2.24, 2.45) is 5.92 Å². The molecule has 0 unspecified atom stereocenters. The van der Waals surface area contributed by atoms with Crippen LogP contribution < -0.4 is 10.6 Å². The number of aliphatic hydroxyl groups is 1. The third kappa shape index (κ3) is 3.55. The summed E-state index contributed by atoms with van der Waals surface area (Å²) >= 11 is 2.96. The molecule has 0 heterocycles. The van der Waals surface area contributed by atoms with E-state index in [1.165, 1.54) is 0 Å². The predicted molar refractivity (Wildman–Crippen MR) is 74.3 cm³/mol. The lowest BCUT2D eigenvalue weighted by molar-refractivity contribution is 0.238. The van der Waals surface area contributed by atoms with Gasteiger partial charge < -0.3 is 15.7 Å². The molecule has 0 aliphatic heterocycles. The zero-order valence-corrected chi connectivity index (χ0v) is 12.0.